The molecule has 0 aliphatic rings. The van der Waals surface area contributed by atoms with E-state index in [-0.39, 0.29) is 6.03 Å². The van der Waals surface area contributed by atoms with E-state index >= 15 is 0 Å². The van der Waals surface area contributed by atoms with E-state index in [0.717, 1.165) is 11.1 Å². The monoisotopic (exact) mass is 233 g/mol. The van der Waals surface area contributed by atoms with Crippen LogP contribution in [-0.2, 0) is 0 Å². The Kier molecular flexibility index (Phi) is 4.69. The highest BCUT2D eigenvalue weighted by Gasteiger charge is 2.03. The van der Waals surface area contributed by atoms with Crippen LogP contribution in [0.3, 0.4) is 0 Å². The van der Waals surface area contributed by atoms with E-state index < -0.39 is 0 Å². The molecule has 4 heteroatoms. The first-order valence-electron chi connectivity index (χ1n) is 5.66. The predicted octanol–water partition coefficient (Wildman–Crippen LogP) is 3.07. The Labute approximate surface area is 102 Å². The Bertz CT molecular complexity index is 424. The van der Waals surface area contributed by atoms with Crippen LogP contribution in [0.25, 0.3) is 0 Å². The van der Waals surface area contributed by atoms with Gasteiger partial charge in [0, 0.05) is 12.4 Å². The fourth-order valence-corrected chi connectivity index (χ4v) is 1.11. The van der Waals surface area contributed by atoms with Gasteiger partial charge in [-0.25, -0.2) is 9.78 Å². The molecule has 4 nitrogen and oxygen atoms in total. The quantitative estimate of drug-likeness (QED) is 0.843. The van der Waals surface area contributed by atoms with E-state index in [1.165, 1.54) is 0 Å². The fraction of sp³-hybridized carbons (Fsp3) is 0.385. The predicted molar refractivity (Wildman–Crippen MR) is 69.7 cm³/mol. The van der Waals surface area contributed by atoms with Crippen LogP contribution < -0.4 is 10.6 Å². The summed E-state index contributed by atoms with van der Waals surface area (Å²) in [6, 6.07) is 3.46. The standard InChI is InChI=1S/C13H19N3O/c1-9(2)11(4)8-15-13(17)16-12-10(3)6-5-7-14-12/h5-9H,1-4H3,(H2,14,15,16,17)/b11-8+. The number of allylic oxidation sites excluding steroid dienone is 1. The molecule has 0 saturated heterocycles. The van der Waals surface area contributed by atoms with Gasteiger partial charge in [0.15, 0.2) is 0 Å². The summed E-state index contributed by atoms with van der Waals surface area (Å²) in [6.45, 7) is 8.04. The summed E-state index contributed by atoms with van der Waals surface area (Å²) in [5.41, 5.74) is 2.06. The zero-order chi connectivity index (χ0) is 12.8. The van der Waals surface area contributed by atoms with Crippen molar-refractivity contribution in [3.05, 3.63) is 35.7 Å². The van der Waals surface area contributed by atoms with Gasteiger partial charge in [-0.05, 0) is 31.4 Å². The number of urea groups is 1. The van der Waals surface area contributed by atoms with Crippen LogP contribution in [0.4, 0.5) is 10.6 Å². The third-order valence-electron chi connectivity index (χ3n) is 2.58. The first kappa shape index (κ1) is 13.2. The second kappa shape index (κ2) is 6.03. The SMILES string of the molecule is C/C(=C\NC(=O)Nc1ncccc1C)C(C)C. The van der Waals surface area contributed by atoms with Crippen LogP contribution in [0.1, 0.15) is 26.3 Å². The van der Waals surface area contributed by atoms with Crippen molar-refractivity contribution < 1.29 is 4.79 Å². The maximum atomic E-state index is 11.6. The molecule has 0 spiro atoms. The minimum atomic E-state index is -0.271. The molecule has 0 unspecified atom stereocenters. The lowest BCUT2D eigenvalue weighted by Crippen LogP contribution is -2.25. The maximum Gasteiger partial charge on any atom is 0.324 e. The van der Waals surface area contributed by atoms with Crippen LogP contribution in [0.5, 0.6) is 0 Å². The number of pyridine rings is 1. The van der Waals surface area contributed by atoms with Crippen molar-refractivity contribution in [2.75, 3.05) is 5.32 Å². The van der Waals surface area contributed by atoms with E-state index in [2.05, 4.69) is 29.5 Å². The molecule has 1 rings (SSSR count). The minimum Gasteiger partial charge on any atom is -0.314 e. The zero-order valence-electron chi connectivity index (χ0n) is 10.7. The van der Waals surface area contributed by atoms with Gasteiger partial charge in [-0.1, -0.05) is 25.5 Å². The maximum absolute atomic E-state index is 11.6. The molecule has 0 radical (unpaired) electrons. The van der Waals surface area contributed by atoms with Gasteiger partial charge in [0.2, 0.25) is 0 Å². The van der Waals surface area contributed by atoms with Gasteiger partial charge in [0.05, 0.1) is 0 Å². The van der Waals surface area contributed by atoms with Crippen molar-refractivity contribution in [1.29, 1.82) is 0 Å². The molecule has 0 aliphatic carbocycles. The van der Waals surface area contributed by atoms with Gasteiger partial charge in [0.25, 0.3) is 0 Å². The Morgan fingerprint density at radius 3 is 2.76 bits per heavy atom. The number of aryl methyl sites for hydroxylation is 1. The average Bonchev–Trinajstić information content (AvgIpc) is 2.29. The highest BCUT2D eigenvalue weighted by Crippen LogP contribution is 2.09. The van der Waals surface area contributed by atoms with E-state index in [0.29, 0.717) is 11.7 Å². The number of hydrogen-bond acceptors (Lipinski definition) is 2. The molecule has 1 heterocycles. The first-order valence-corrected chi connectivity index (χ1v) is 5.66. The molecule has 0 atom stereocenters. The Morgan fingerprint density at radius 1 is 1.47 bits per heavy atom. The molecule has 0 saturated carbocycles. The Morgan fingerprint density at radius 2 is 2.18 bits per heavy atom. The average molecular weight is 233 g/mol. The topological polar surface area (TPSA) is 54.0 Å². The van der Waals surface area contributed by atoms with Crippen molar-refractivity contribution in [3.8, 4) is 0 Å². The minimum absolute atomic E-state index is 0.271. The Hall–Kier alpha value is -1.84. The van der Waals surface area contributed by atoms with Gasteiger partial charge in [-0.3, -0.25) is 5.32 Å². The fourth-order valence-electron chi connectivity index (χ4n) is 1.11. The summed E-state index contributed by atoms with van der Waals surface area (Å²) in [5.74, 6) is 1.01. The molecule has 92 valence electrons. The third-order valence-corrected chi connectivity index (χ3v) is 2.58. The largest absolute Gasteiger partial charge is 0.324 e. The molecule has 2 amide bonds. The molecular formula is C13H19N3O. The molecule has 2 N–H and O–H groups in total. The highest BCUT2D eigenvalue weighted by atomic mass is 16.2. The van der Waals surface area contributed by atoms with Crippen molar-refractivity contribution in [2.24, 2.45) is 5.92 Å². The molecule has 1 aromatic heterocycles. The number of nitrogens with one attached hydrogen (secondary N) is 2. The van der Waals surface area contributed by atoms with Crippen molar-refractivity contribution >= 4 is 11.8 Å². The lowest BCUT2D eigenvalue weighted by molar-refractivity contribution is 0.255. The van der Waals surface area contributed by atoms with E-state index in [9.17, 15) is 4.79 Å². The number of carbonyl (C=O) groups excluding carboxylic acids is 1. The number of carbonyl (C=O) groups is 1. The van der Waals surface area contributed by atoms with E-state index in [1.54, 1.807) is 12.4 Å². The normalized spacial score (nSPS) is 11.5. The number of hydrogen-bond donors (Lipinski definition) is 2. The smallest absolute Gasteiger partial charge is 0.314 e. The lowest BCUT2D eigenvalue weighted by Gasteiger charge is -2.08. The second-order valence-corrected chi connectivity index (χ2v) is 4.31. The van der Waals surface area contributed by atoms with Crippen LogP contribution in [0.15, 0.2) is 30.1 Å². The lowest BCUT2D eigenvalue weighted by atomic mass is 10.1. The van der Waals surface area contributed by atoms with Gasteiger partial charge < -0.3 is 5.32 Å². The van der Waals surface area contributed by atoms with Gasteiger partial charge in [-0.15, -0.1) is 0 Å². The zero-order valence-corrected chi connectivity index (χ0v) is 10.7. The first-order chi connectivity index (χ1) is 8.00. The molecule has 0 aromatic carbocycles. The van der Waals surface area contributed by atoms with Gasteiger partial charge >= 0.3 is 6.03 Å². The number of rotatable bonds is 3. The molecule has 0 bridgehead atoms. The van der Waals surface area contributed by atoms with Crippen molar-refractivity contribution in [3.63, 3.8) is 0 Å². The molecule has 17 heavy (non-hydrogen) atoms. The summed E-state index contributed by atoms with van der Waals surface area (Å²) in [5, 5.41) is 5.39. The molecule has 0 fully saturated rings. The highest BCUT2D eigenvalue weighted by molar-refractivity contribution is 5.89. The van der Waals surface area contributed by atoms with Crippen LogP contribution in [0.2, 0.25) is 0 Å². The third kappa shape index (κ3) is 4.26. The van der Waals surface area contributed by atoms with E-state index in [1.807, 2.05) is 26.0 Å². The summed E-state index contributed by atoms with van der Waals surface area (Å²) in [4.78, 5) is 15.7. The van der Waals surface area contributed by atoms with Crippen molar-refractivity contribution in [1.82, 2.24) is 10.3 Å². The summed E-state index contributed by atoms with van der Waals surface area (Å²) >= 11 is 0. The molecule has 1 aromatic rings. The summed E-state index contributed by atoms with van der Waals surface area (Å²) in [7, 11) is 0. The molecular weight excluding hydrogens is 214 g/mol. The number of aromatic nitrogens is 1. The number of nitrogens with zero attached hydrogens (tertiary/aromatic N) is 1. The van der Waals surface area contributed by atoms with Gasteiger partial charge in [-0.2, -0.15) is 0 Å². The van der Waals surface area contributed by atoms with Crippen LogP contribution >= 0.6 is 0 Å². The van der Waals surface area contributed by atoms with Crippen LogP contribution in [0, 0.1) is 12.8 Å². The van der Waals surface area contributed by atoms with Gasteiger partial charge in [0.1, 0.15) is 5.82 Å². The molecule has 0 aliphatic heterocycles. The van der Waals surface area contributed by atoms with Crippen molar-refractivity contribution in [2.45, 2.75) is 27.7 Å². The Balaban J connectivity index is 2.57. The number of amides is 2. The van der Waals surface area contributed by atoms with E-state index in [4.69, 9.17) is 0 Å². The summed E-state index contributed by atoms with van der Waals surface area (Å²) < 4.78 is 0. The number of anilines is 1. The second-order valence-electron chi connectivity index (χ2n) is 4.31. The van der Waals surface area contributed by atoms with Crippen LogP contribution in [-0.4, -0.2) is 11.0 Å². The summed E-state index contributed by atoms with van der Waals surface area (Å²) in [6.07, 6.45) is 3.37.